The summed E-state index contributed by atoms with van der Waals surface area (Å²) < 4.78 is 0. The monoisotopic (exact) mass is 371 g/mol. The summed E-state index contributed by atoms with van der Waals surface area (Å²) in [5.74, 6) is 0.961. The highest BCUT2D eigenvalue weighted by molar-refractivity contribution is 6.33. The van der Waals surface area contributed by atoms with Crippen LogP contribution in [0.1, 0.15) is 6.92 Å². The number of hydrogen-bond acceptors (Lipinski definition) is 7. The van der Waals surface area contributed by atoms with Crippen molar-refractivity contribution in [1.82, 2.24) is 15.0 Å². The summed E-state index contributed by atoms with van der Waals surface area (Å²) in [7, 11) is 0. The maximum Gasteiger partial charge on any atom is 0.225 e. The average Bonchev–Trinajstić information content (AvgIpc) is 2.64. The van der Waals surface area contributed by atoms with Crippen LogP contribution in [0.15, 0.2) is 48.8 Å². The van der Waals surface area contributed by atoms with E-state index in [1.54, 1.807) is 24.5 Å². The van der Waals surface area contributed by atoms with Crippen molar-refractivity contribution >= 4 is 29.1 Å². The van der Waals surface area contributed by atoms with Gasteiger partial charge in [-0.2, -0.15) is 4.98 Å². The molecule has 0 aliphatic heterocycles. The molecule has 1 atom stereocenters. The molecule has 0 bridgehead atoms. The number of rotatable bonds is 6. The van der Waals surface area contributed by atoms with E-state index in [-0.39, 0.29) is 18.4 Å². The Kier molecular flexibility index (Phi) is 5.50. The molecule has 2 heterocycles. The lowest BCUT2D eigenvalue weighted by atomic mass is 10.2. The van der Waals surface area contributed by atoms with E-state index < -0.39 is 0 Å². The maximum atomic E-state index is 9.49. The van der Waals surface area contributed by atoms with E-state index in [1.807, 2.05) is 19.1 Å². The molecule has 2 aromatic heterocycles. The van der Waals surface area contributed by atoms with Crippen LogP contribution in [-0.4, -0.2) is 37.8 Å². The first-order valence-corrected chi connectivity index (χ1v) is 8.35. The van der Waals surface area contributed by atoms with Gasteiger partial charge in [0.2, 0.25) is 5.95 Å². The van der Waals surface area contributed by atoms with Crippen LogP contribution in [0, 0.1) is 0 Å². The number of phenols is 1. The van der Waals surface area contributed by atoms with E-state index in [9.17, 15) is 10.2 Å². The third-order valence-corrected chi connectivity index (χ3v) is 3.86. The fraction of sp³-hybridized carbons (Fsp3) is 0.167. The highest BCUT2D eigenvalue weighted by atomic mass is 35.5. The number of benzene rings is 1. The van der Waals surface area contributed by atoms with Crippen molar-refractivity contribution in [2.75, 3.05) is 17.2 Å². The molecular weight excluding hydrogens is 354 g/mol. The summed E-state index contributed by atoms with van der Waals surface area (Å²) in [5.41, 5.74) is 2.09. The van der Waals surface area contributed by atoms with Crippen LogP contribution in [0.5, 0.6) is 5.75 Å². The van der Waals surface area contributed by atoms with E-state index in [2.05, 4.69) is 25.6 Å². The van der Waals surface area contributed by atoms with Gasteiger partial charge in [0.15, 0.2) is 0 Å². The Morgan fingerprint density at radius 1 is 1.19 bits per heavy atom. The van der Waals surface area contributed by atoms with Gasteiger partial charge >= 0.3 is 0 Å². The molecule has 0 fully saturated rings. The molecular formula is C18H18ClN5O2. The number of aliphatic hydroxyl groups excluding tert-OH is 1. The maximum absolute atomic E-state index is 9.49. The number of aliphatic hydroxyl groups is 1. The van der Waals surface area contributed by atoms with E-state index in [1.165, 1.54) is 12.1 Å². The summed E-state index contributed by atoms with van der Waals surface area (Å²) in [6.07, 6.45) is 3.39. The first-order chi connectivity index (χ1) is 12.5. The Bertz CT molecular complexity index is 892. The molecule has 134 valence electrons. The Morgan fingerprint density at radius 3 is 2.73 bits per heavy atom. The second-order valence-electron chi connectivity index (χ2n) is 5.72. The lowest BCUT2D eigenvalue weighted by Crippen LogP contribution is -2.21. The molecule has 0 saturated heterocycles. The number of pyridine rings is 1. The van der Waals surface area contributed by atoms with Crippen molar-refractivity contribution in [2.24, 2.45) is 0 Å². The number of hydrogen-bond donors (Lipinski definition) is 4. The molecule has 3 rings (SSSR count). The second kappa shape index (κ2) is 7.99. The number of anilines is 3. The number of aromatic nitrogens is 3. The van der Waals surface area contributed by atoms with E-state index in [0.717, 1.165) is 5.56 Å². The van der Waals surface area contributed by atoms with Crippen molar-refractivity contribution in [3.63, 3.8) is 0 Å². The molecule has 26 heavy (non-hydrogen) atoms. The molecule has 8 heteroatoms. The van der Waals surface area contributed by atoms with E-state index in [4.69, 9.17) is 11.6 Å². The van der Waals surface area contributed by atoms with Gasteiger partial charge in [-0.25, -0.2) is 4.98 Å². The zero-order chi connectivity index (χ0) is 18.5. The molecule has 0 saturated carbocycles. The number of nitrogens with one attached hydrogen (secondary N) is 2. The minimum atomic E-state index is -0.204. The highest BCUT2D eigenvalue weighted by Gasteiger charge is 2.11. The number of halogens is 1. The largest absolute Gasteiger partial charge is 0.508 e. The minimum Gasteiger partial charge on any atom is -0.508 e. The van der Waals surface area contributed by atoms with Crippen LogP contribution in [0.3, 0.4) is 0 Å². The molecule has 4 N–H and O–H groups in total. The normalized spacial score (nSPS) is 11.8. The first kappa shape index (κ1) is 17.9. The molecule has 0 radical (unpaired) electrons. The molecule has 0 amide bonds. The summed E-state index contributed by atoms with van der Waals surface area (Å²) in [6.45, 7) is 1.77. The van der Waals surface area contributed by atoms with Crippen LogP contribution in [-0.2, 0) is 0 Å². The first-order valence-electron chi connectivity index (χ1n) is 7.97. The van der Waals surface area contributed by atoms with Gasteiger partial charge in [0.1, 0.15) is 11.6 Å². The van der Waals surface area contributed by atoms with Gasteiger partial charge in [-0.15, -0.1) is 0 Å². The van der Waals surface area contributed by atoms with Gasteiger partial charge in [-0.05, 0) is 31.2 Å². The molecule has 0 spiro atoms. The standard InChI is InChI=1S/C18H18ClN5O2/c1-11(10-25)21-18-23-16(12-3-2-6-20-9-12)8-17(24-18)22-15-5-4-13(26)7-14(15)19/h2-9,11,25-26H,10H2,1H3,(H2,21,22,23,24)/t11-/m0/s1. The molecule has 0 aliphatic rings. The quantitative estimate of drug-likeness (QED) is 0.492. The number of phenolic OH excluding ortho intramolecular Hbond substituents is 1. The molecule has 7 nitrogen and oxygen atoms in total. The Labute approximate surface area is 155 Å². The Hall–Kier alpha value is -2.90. The minimum absolute atomic E-state index is 0.0486. The van der Waals surface area contributed by atoms with Gasteiger partial charge in [0.25, 0.3) is 0 Å². The van der Waals surface area contributed by atoms with Crippen molar-refractivity contribution in [2.45, 2.75) is 13.0 Å². The van der Waals surface area contributed by atoms with Crippen molar-refractivity contribution in [1.29, 1.82) is 0 Å². The zero-order valence-electron chi connectivity index (χ0n) is 14.0. The lowest BCUT2D eigenvalue weighted by molar-refractivity contribution is 0.281. The molecule has 0 aliphatic carbocycles. The predicted octanol–water partition coefficient (Wildman–Crippen LogP) is 3.43. The summed E-state index contributed by atoms with van der Waals surface area (Å²) in [6, 6.07) is 9.92. The van der Waals surface area contributed by atoms with Gasteiger partial charge in [-0.3, -0.25) is 4.98 Å². The Balaban J connectivity index is 1.98. The third kappa shape index (κ3) is 4.38. The fourth-order valence-corrected chi connectivity index (χ4v) is 2.47. The molecule has 3 aromatic rings. The van der Waals surface area contributed by atoms with E-state index >= 15 is 0 Å². The third-order valence-electron chi connectivity index (χ3n) is 3.55. The Morgan fingerprint density at radius 2 is 2.04 bits per heavy atom. The van der Waals surface area contributed by atoms with Crippen LogP contribution < -0.4 is 10.6 Å². The van der Waals surface area contributed by atoms with Gasteiger partial charge < -0.3 is 20.8 Å². The predicted molar refractivity (Wildman–Crippen MR) is 102 cm³/mol. The highest BCUT2D eigenvalue weighted by Crippen LogP contribution is 2.29. The fourth-order valence-electron chi connectivity index (χ4n) is 2.25. The van der Waals surface area contributed by atoms with Crippen LogP contribution in [0.25, 0.3) is 11.3 Å². The smallest absolute Gasteiger partial charge is 0.225 e. The number of aromatic hydroxyl groups is 1. The molecule has 0 unspecified atom stereocenters. The average molecular weight is 372 g/mol. The summed E-state index contributed by atoms with van der Waals surface area (Å²) in [4.78, 5) is 13.0. The molecule has 1 aromatic carbocycles. The second-order valence-corrected chi connectivity index (χ2v) is 6.13. The topological polar surface area (TPSA) is 103 Å². The van der Waals surface area contributed by atoms with Gasteiger partial charge in [-0.1, -0.05) is 11.6 Å². The van der Waals surface area contributed by atoms with Crippen molar-refractivity contribution in [3.8, 4) is 17.0 Å². The van der Waals surface area contributed by atoms with E-state index in [0.29, 0.717) is 28.2 Å². The lowest BCUT2D eigenvalue weighted by Gasteiger charge is -2.14. The van der Waals surface area contributed by atoms with Gasteiger partial charge in [0, 0.05) is 36.1 Å². The van der Waals surface area contributed by atoms with Crippen LogP contribution in [0.2, 0.25) is 5.02 Å². The SMILES string of the molecule is C[C@@H](CO)Nc1nc(Nc2ccc(O)cc2Cl)cc(-c2cccnc2)n1. The van der Waals surface area contributed by atoms with Gasteiger partial charge in [0.05, 0.1) is 23.0 Å². The van der Waals surface area contributed by atoms with Crippen molar-refractivity contribution in [3.05, 3.63) is 53.8 Å². The number of nitrogens with zero attached hydrogens (tertiary/aromatic N) is 3. The summed E-state index contributed by atoms with van der Waals surface area (Å²) >= 11 is 6.16. The van der Waals surface area contributed by atoms with Crippen LogP contribution >= 0.6 is 11.6 Å². The zero-order valence-corrected chi connectivity index (χ0v) is 14.8. The summed E-state index contributed by atoms with van der Waals surface area (Å²) in [5, 5.41) is 25.3. The van der Waals surface area contributed by atoms with Crippen molar-refractivity contribution < 1.29 is 10.2 Å². The van der Waals surface area contributed by atoms with Crippen LogP contribution in [0.4, 0.5) is 17.5 Å².